The zero-order chi connectivity index (χ0) is 25.3. The molecule has 0 unspecified atom stereocenters. The van der Waals surface area contributed by atoms with Crippen LogP contribution in [0.25, 0.3) is 22.4 Å². The summed E-state index contributed by atoms with van der Waals surface area (Å²) in [4.78, 5) is 31.3. The van der Waals surface area contributed by atoms with Crippen LogP contribution < -0.4 is 10.5 Å². The van der Waals surface area contributed by atoms with E-state index in [1.54, 1.807) is 29.0 Å². The molecule has 0 radical (unpaired) electrons. The number of hydrogen-bond acceptors (Lipinski definition) is 6. The van der Waals surface area contributed by atoms with Gasteiger partial charge in [-0.1, -0.05) is 24.3 Å². The summed E-state index contributed by atoms with van der Waals surface area (Å²) in [6, 6.07) is 12.2. The summed E-state index contributed by atoms with van der Waals surface area (Å²) in [5.41, 5.74) is 4.80. The Morgan fingerprint density at radius 2 is 1.63 bits per heavy atom. The molecule has 0 atom stereocenters. The largest absolute Gasteiger partial charge is 0.506 e. The van der Waals surface area contributed by atoms with Crippen molar-refractivity contribution in [2.75, 3.05) is 0 Å². The molecule has 2 amide bonds. The standard InChI is InChI=1S/C23H16F2N4O5S/c24-14-8-13(9-15(25)11-14)21(31)19(22-27-17-6-1-2-7-18(17)28-22)20(30)12-4-3-5-16(10-12)35(33,34)29-23(26)32/h1-11,31H,(H,27,28)(H3,26,29,32). The zero-order valence-corrected chi connectivity index (χ0v) is 18.4. The fourth-order valence-corrected chi connectivity index (χ4v) is 4.30. The number of amides is 2. The van der Waals surface area contributed by atoms with Crippen LogP contribution in [-0.4, -0.2) is 35.3 Å². The van der Waals surface area contributed by atoms with Gasteiger partial charge in [-0.25, -0.2) is 31.7 Å². The molecule has 0 saturated heterocycles. The number of urea groups is 1. The summed E-state index contributed by atoms with van der Waals surface area (Å²) in [7, 11) is -4.39. The number of rotatable bonds is 6. The Balaban J connectivity index is 1.91. The van der Waals surface area contributed by atoms with E-state index in [9.17, 15) is 31.9 Å². The second-order valence-electron chi connectivity index (χ2n) is 7.31. The van der Waals surface area contributed by atoms with E-state index >= 15 is 0 Å². The van der Waals surface area contributed by atoms with Crippen LogP contribution in [-0.2, 0) is 10.0 Å². The number of carbonyl (C=O) groups is 2. The number of ketones is 1. The SMILES string of the molecule is NC(=O)NS(=O)(=O)c1cccc(C(=O)C(=C(O)c2cc(F)cc(F)c2)c2nc3ccccc3[nH]2)c1. The van der Waals surface area contributed by atoms with E-state index in [2.05, 4.69) is 9.97 Å². The van der Waals surface area contributed by atoms with E-state index < -0.39 is 49.7 Å². The topological polar surface area (TPSA) is 155 Å². The number of nitrogens with two attached hydrogens (primary N) is 1. The molecule has 0 aliphatic rings. The third kappa shape index (κ3) is 4.87. The summed E-state index contributed by atoms with van der Waals surface area (Å²) in [6.07, 6.45) is 0. The van der Waals surface area contributed by atoms with E-state index in [4.69, 9.17) is 5.73 Å². The van der Waals surface area contributed by atoms with E-state index in [0.29, 0.717) is 17.1 Å². The normalized spacial score (nSPS) is 12.3. The number of primary amides is 1. The molecule has 0 saturated carbocycles. The summed E-state index contributed by atoms with van der Waals surface area (Å²) in [5.74, 6) is -3.82. The minimum Gasteiger partial charge on any atom is -0.506 e. The number of imidazole rings is 1. The predicted octanol–water partition coefficient (Wildman–Crippen LogP) is 3.51. The number of benzene rings is 3. The lowest BCUT2D eigenvalue weighted by molar-refractivity contribution is 0.105. The number of Topliss-reactive ketones (excluding diaryl/α,β-unsaturated/α-hetero) is 1. The highest BCUT2D eigenvalue weighted by atomic mass is 32.2. The Morgan fingerprint density at radius 1 is 0.943 bits per heavy atom. The molecule has 0 spiro atoms. The van der Waals surface area contributed by atoms with Crippen molar-refractivity contribution in [3.8, 4) is 0 Å². The number of fused-ring (bicyclic) bond motifs is 1. The average molecular weight is 498 g/mol. The Bertz CT molecular complexity index is 1580. The highest BCUT2D eigenvalue weighted by molar-refractivity contribution is 7.90. The van der Waals surface area contributed by atoms with Gasteiger partial charge in [0.1, 0.15) is 28.8 Å². The molecule has 1 heterocycles. The van der Waals surface area contributed by atoms with Crippen molar-refractivity contribution in [3.63, 3.8) is 0 Å². The maximum Gasteiger partial charge on any atom is 0.326 e. The van der Waals surface area contributed by atoms with Gasteiger partial charge < -0.3 is 15.8 Å². The van der Waals surface area contributed by atoms with Gasteiger partial charge >= 0.3 is 6.03 Å². The number of nitrogens with one attached hydrogen (secondary N) is 2. The van der Waals surface area contributed by atoms with Crippen LogP contribution in [0.5, 0.6) is 0 Å². The summed E-state index contributed by atoms with van der Waals surface area (Å²) in [6.45, 7) is 0. The third-order valence-electron chi connectivity index (χ3n) is 4.87. The summed E-state index contributed by atoms with van der Waals surface area (Å²) in [5, 5.41) is 11.0. The summed E-state index contributed by atoms with van der Waals surface area (Å²) >= 11 is 0. The molecule has 4 rings (SSSR count). The Hall–Kier alpha value is -4.58. The number of sulfonamides is 1. The van der Waals surface area contributed by atoms with Gasteiger partial charge in [-0.2, -0.15) is 0 Å². The van der Waals surface area contributed by atoms with Gasteiger partial charge in [0.25, 0.3) is 10.0 Å². The minimum absolute atomic E-state index is 0.123. The van der Waals surface area contributed by atoms with Crippen LogP contribution in [0, 0.1) is 11.6 Å². The number of aliphatic hydroxyl groups is 1. The first-order valence-electron chi connectivity index (χ1n) is 9.87. The number of aromatic nitrogens is 2. The second-order valence-corrected chi connectivity index (χ2v) is 8.99. The Kier molecular flexibility index (Phi) is 6.05. The van der Waals surface area contributed by atoms with E-state index in [0.717, 1.165) is 24.3 Å². The van der Waals surface area contributed by atoms with Crippen LogP contribution in [0.15, 0.2) is 71.6 Å². The Morgan fingerprint density at radius 3 is 2.29 bits per heavy atom. The van der Waals surface area contributed by atoms with Gasteiger partial charge in [0.05, 0.1) is 15.9 Å². The van der Waals surface area contributed by atoms with Gasteiger partial charge in [-0.15, -0.1) is 0 Å². The number of allylic oxidation sites excluding steroid dienone is 1. The lowest BCUT2D eigenvalue weighted by Crippen LogP contribution is -2.35. The van der Waals surface area contributed by atoms with Crippen molar-refractivity contribution in [1.29, 1.82) is 0 Å². The van der Waals surface area contributed by atoms with Crippen molar-refractivity contribution in [2.24, 2.45) is 5.73 Å². The average Bonchev–Trinajstić information content (AvgIpc) is 3.21. The van der Waals surface area contributed by atoms with E-state index in [1.165, 1.54) is 12.1 Å². The molecule has 3 aromatic carbocycles. The van der Waals surface area contributed by atoms with Crippen LogP contribution in [0.3, 0.4) is 0 Å². The lowest BCUT2D eigenvalue weighted by atomic mass is 9.98. The molecule has 4 aromatic rings. The minimum atomic E-state index is -4.39. The molecular formula is C23H16F2N4O5S. The maximum absolute atomic E-state index is 13.8. The van der Waals surface area contributed by atoms with E-state index in [-0.39, 0.29) is 17.0 Å². The van der Waals surface area contributed by atoms with Crippen molar-refractivity contribution in [1.82, 2.24) is 14.7 Å². The molecule has 12 heteroatoms. The number of aromatic amines is 1. The molecule has 178 valence electrons. The predicted molar refractivity (Wildman–Crippen MR) is 123 cm³/mol. The zero-order valence-electron chi connectivity index (χ0n) is 17.6. The number of halogens is 2. The van der Waals surface area contributed by atoms with Crippen LogP contribution in [0.1, 0.15) is 21.7 Å². The fourth-order valence-electron chi connectivity index (χ4n) is 3.37. The third-order valence-corrected chi connectivity index (χ3v) is 6.21. The molecule has 0 aliphatic heterocycles. The van der Waals surface area contributed by atoms with Crippen molar-refractivity contribution in [3.05, 3.63) is 95.3 Å². The first-order chi connectivity index (χ1) is 16.5. The van der Waals surface area contributed by atoms with Crippen LogP contribution in [0.4, 0.5) is 13.6 Å². The van der Waals surface area contributed by atoms with Gasteiger partial charge in [-0.3, -0.25) is 4.79 Å². The highest BCUT2D eigenvalue weighted by Gasteiger charge is 2.26. The van der Waals surface area contributed by atoms with Gasteiger partial charge in [-0.05, 0) is 36.4 Å². The molecule has 5 N–H and O–H groups in total. The molecule has 0 fully saturated rings. The van der Waals surface area contributed by atoms with Crippen molar-refractivity contribution >= 4 is 44.2 Å². The monoisotopic (exact) mass is 498 g/mol. The number of hydrogen-bond donors (Lipinski definition) is 4. The lowest BCUT2D eigenvalue weighted by Gasteiger charge is -2.11. The number of aliphatic hydroxyl groups excluding tert-OH is 1. The molecule has 35 heavy (non-hydrogen) atoms. The Labute approximate surface area is 197 Å². The van der Waals surface area contributed by atoms with Crippen LogP contribution in [0.2, 0.25) is 0 Å². The van der Waals surface area contributed by atoms with Crippen molar-refractivity contribution in [2.45, 2.75) is 4.90 Å². The number of H-pyrrole nitrogens is 1. The number of carbonyl (C=O) groups excluding carboxylic acids is 2. The smallest absolute Gasteiger partial charge is 0.326 e. The van der Waals surface area contributed by atoms with E-state index in [1.807, 2.05) is 0 Å². The molecule has 1 aromatic heterocycles. The molecule has 0 aliphatic carbocycles. The quantitative estimate of drug-likeness (QED) is 0.181. The second kappa shape index (κ2) is 8.99. The first-order valence-corrected chi connectivity index (χ1v) is 11.4. The van der Waals surface area contributed by atoms with Crippen molar-refractivity contribution < 1.29 is 31.9 Å². The number of nitrogens with zero attached hydrogens (tertiary/aromatic N) is 1. The van der Waals surface area contributed by atoms with Gasteiger partial charge in [0, 0.05) is 17.2 Å². The van der Waals surface area contributed by atoms with Gasteiger partial charge in [0.2, 0.25) is 5.78 Å². The van der Waals surface area contributed by atoms with Gasteiger partial charge in [0.15, 0.2) is 0 Å². The maximum atomic E-state index is 13.8. The molecular weight excluding hydrogens is 482 g/mol. The summed E-state index contributed by atoms with van der Waals surface area (Å²) < 4.78 is 53.9. The highest BCUT2D eigenvalue weighted by Crippen LogP contribution is 2.29. The fraction of sp³-hybridized carbons (Fsp3) is 0. The molecule has 0 bridgehead atoms. The molecule has 9 nitrogen and oxygen atoms in total. The van der Waals surface area contributed by atoms with Crippen LogP contribution >= 0.6 is 0 Å². The number of para-hydroxylation sites is 2. The first kappa shape index (κ1) is 23.6.